The van der Waals surface area contributed by atoms with Crippen molar-refractivity contribution in [1.82, 2.24) is 14.9 Å². The third-order valence-corrected chi connectivity index (χ3v) is 3.85. The maximum Gasteiger partial charge on any atom is 0.296 e. The number of aromatic nitrogens is 3. The Hall–Kier alpha value is -1.32. The van der Waals surface area contributed by atoms with E-state index in [4.69, 9.17) is 12.2 Å². The number of rotatable bonds is 2. The second-order valence-corrected chi connectivity index (χ2v) is 5.90. The Bertz CT molecular complexity index is 790. The van der Waals surface area contributed by atoms with Gasteiger partial charge in [0.1, 0.15) is 11.4 Å². The first-order chi connectivity index (χ1) is 9.40. The number of phenolic OH excluding ortho intramolecular Hbond substituents is 1. The number of nitrogens with zero attached hydrogens (tertiary/aromatic N) is 3. The van der Waals surface area contributed by atoms with Crippen LogP contribution in [0.4, 0.5) is 0 Å². The van der Waals surface area contributed by atoms with Crippen LogP contribution < -0.4 is 5.56 Å². The summed E-state index contributed by atoms with van der Waals surface area (Å²) in [5.74, 6) is 0.0939. The number of H-pyrrole nitrogens is 1. The van der Waals surface area contributed by atoms with Crippen molar-refractivity contribution in [1.29, 1.82) is 0 Å². The van der Waals surface area contributed by atoms with Crippen LogP contribution in [0.3, 0.4) is 0 Å². The lowest BCUT2D eigenvalue weighted by molar-refractivity contribution is 0.468. The van der Waals surface area contributed by atoms with Gasteiger partial charge in [0.2, 0.25) is 4.77 Å². The van der Waals surface area contributed by atoms with Gasteiger partial charge in [-0.05, 0) is 68.7 Å². The van der Waals surface area contributed by atoms with E-state index in [1.54, 1.807) is 19.1 Å². The van der Waals surface area contributed by atoms with Gasteiger partial charge in [0.25, 0.3) is 5.56 Å². The van der Waals surface area contributed by atoms with Crippen molar-refractivity contribution >= 4 is 50.3 Å². The average Bonchev–Trinajstić information content (AvgIpc) is 2.40. The number of aromatic hydroxyl groups is 1. The van der Waals surface area contributed by atoms with Gasteiger partial charge < -0.3 is 5.11 Å². The molecule has 0 unspecified atom stereocenters. The van der Waals surface area contributed by atoms with E-state index in [1.165, 1.54) is 6.21 Å². The summed E-state index contributed by atoms with van der Waals surface area (Å²) in [6.07, 6.45) is 1.46. The van der Waals surface area contributed by atoms with Gasteiger partial charge in [-0.3, -0.25) is 9.89 Å². The topological polar surface area (TPSA) is 83.3 Å². The zero-order chi connectivity index (χ0) is 14.9. The number of hydrogen-bond donors (Lipinski definition) is 2. The molecule has 20 heavy (non-hydrogen) atoms. The van der Waals surface area contributed by atoms with Crippen LogP contribution >= 0.6 is 44.1 Å². The van der Waals surface area contributed by atoms with Crippen LogP contribution in [0, 0.1) is 11.7 Å². The minimum atomic E-state index is -0.387. The molecule has 9 heteroatoms. The van der Waals surface area contributed by atoms with Gasteiger partial charge in [-0.25, -0.2) is 0 Å². The molecular formula is C11H8Br2N4O2S. The van der Waals surface area contributed by atoms with Crippen molar-refractivity contribution in [3.05, 3.63) is 47.5 Å². The van der Waals surface area contributed by atoms with Crippen LogP contribution in [0.25, 0.3) is 0 Å². The highest BCUT2D eigenvalue weighted by molar-refractivity contribution is 9.11. The highest BCUT2D eigenvalue weighted by atomic mass is 79.9. The van der Waals surface area contributed by atoms with Crippen molar-refractivity contribution in [2.24, 2.45) is 5.10 Å². The summed E-state index contributed by atoms with van der Waals surface area (Å²) in [5, 5.41) is 19.9. The lowest BCUT2D eigenvalue weighted by Crippen LogP contribution is -2.22. The van der Waals surface area contributed by atoms with E-state index >= 15 is 0 Å². The van der Waals surface area contributed by atoms with Crippen LogP contribution in [0.15, 0.2) is 31.0 Å². The Morgan fingerprint density at radius 2 is 2.05 bits per heavy atom. The Morgan fingerprint density at radius 1 is 1.45 bits per heavy atom. The molecule has 6 nitrogen and oxygen atoms in total. The van der Waals surface area contributed by atoms with Gasteiger partial charge in [0.05, 0.1) is 15.2 Å². The van der Waals surface area contributed by atoms with E-state index in [0.29, 0.717) is 14.5 Å². The van der Waals surface area contributed by atoms with E-state index in [9.17, 15) is 9.90 Å². The van der Waals surface area contributed by atoms with E-state index in [0.717, 1.165) is 4.68 Å². The summed E-state index contributed by atoms with van der Waals surface area (Å²) in [5.41, 5.74) is 0.558. The molecule has 0 amide bonds. The first-order valence-corrected chi connectivity index (χ1v) is 7.30. The second kappa shape index (κ2) is 5.98. The van der Waals surface area contributed by atoms with Crippen LogP contribution in [0.1, 0.15) is 11.3 Å². The predicted molar refractivity (Wildman–Crippen MR) is 84.9 cm³/mol. The Kier molecular flexibility index (Phi) is 4.51. The van der Waals surface area contributed by atoms with E-state index in [2.05, 4.69) is 47.2 Å². The summed E-state index contributed by atoms with van der Waals surface area (Å²) in [4.78, 5) is 11.8. The lowest BCUT2D eigenvalue weighted by Gasteiger charge is -2.02. The Labute approximate surface area is 135 Å². The molecule has 1 heterocycles. The highest BCUT2D eigenvalue weighted by Crippen LogP contribution is 2.32. The molecular weight excluding hydrogens is 412 g/mol. The summed E-state index contributed by atoms with van der Waals surface area (Å²) in [7, 11) is 0. The zero-order valence-corrected chi connectivity index (χ0v) is 14.1. The molecule has 0 aliphatic rings. The van der Waals surface area contributed by atoms with E-state index in [1.807, 2.05) is 0 Å². The third-order valence-electron chi connectivity index (χ3n) is 2.37. The fraction of sp³-hybridized carbons (Fsp3) is 0.0909. The third kappa shape index (κ3) is 3.05. The first kappa shape index (κ1) is 15.1. The summed E-state index contributed by atoms with van der Waals surface area (Å²) >= 11 is 11.4. The molecule has 0 radical (unpaired) electrons. The zero-order valence-electron chi connectivity index (χ0n) is 10.1. The summed E-state index contributed by atoms with van der Waals surface area (Å²) in [6, 6.07) is 3.32. The normalized spacial score (nSPS) is 11.2. The maximum absolute atomic E-state index is 11.8. The summed E-state index contributed by atoms with van der Waals surface area (Å²) in [6.45, 7) is 1.56. The number of aryl methyl sites for hydroxylation is 1. The number of aromatic amines is 1. The van der Waals surface area contributed by atoms with Crippen LogP contribution in [-0.2, 0) is 0 Å². The SMILES string of the molecule is Cc1n[nH]c(=S)n(/N=C/c2cc(Br)c(O)c(Br)c2)c1=O. The average molecular weight is 420 g/mol. The second-order valence-electron chi connectivity index (χ2n) is 3.81. The molecule has 2 aromatic rings. The number of phenols is 1. The molecule has 104 valence electrons. The minimum absolute atomic E-state index is 0.0939. The molecule has 0 bridgehead atoms. The van der Waals surface area contributed by atoms with Gasteiger partial charge in [0.15, 0.2) is 0 Å². The van der Waals surface area contributed by atoms with Gasteiger partial charge in [-0.15, -0.1) is 0 Å². The van der Waals surface area contributed by atoms with E-state index in [-0.39, 0.29) is 21.8 Å². The van der Waals surface area contributed by atoms with Crippen molar-refractivity contribution in [3.8, 4) is 5.75 Å². The predicted octanol–water partition coefficient (Wildman–Crippen LogP) is 2.72. The van der Waals surface area contributed by atoms with Gasteiger partial charge >= 0.3 is 0 Å². The van der Waals surface area contributed by atoms with Crippen molar-refractivity contribution < 1.29 is 5.11 Å². The number of hydrogen-bond acceptors (Lipinski definition) is 5. The molecule has 0 fully saturated rings. The number of halogens is 2. The van der Waals surface area contributed by atoms with Crippen molar-refractivity contribution in [2.75, 3.05) is 0 Å². The molecule has 1 aromatic heterocycles. The molecule has 2 rings (SSSR count). The molecule has 1 aromatic carbocycles. The van der Waals surface area contributed by atoms with Crippen LogP contribution in [-0.4, -0.2) is 26.2 Å². The van der Waals surface area contributed by atoms with Gasteiger partial charge in [-0.2, -0.15) is 14.9 Å². The molecule has 0 saturated heterocycles. The Balaban J connectivity index is 2.48. The monoisotopic (exact) mass is 418 g/mol. The minimum Gasteiger partial charge on any atom is -0.506 e. The maximum atomic E-state index is 11.8. The molecule has 0 aliphatic carbocycles. The largest absolute Gasteiger partial charge is 0.506 e. The smallest absolute Gasteiger partial charge is 0.296 e. The highest BCUT2D eigenvalue weighted by Gasteiger charge is 2.05. The first-order valence-electron chi connectivity index (χ1n) is 5.31. The lowest BCUT2D eigenvalue weighted by atomic mass is 10.2. The molecule has 0 spiro atoms. The van der Waals surface area contributed by atoms with Gasteiger partial charge in [-0.1, -0.05) is 0 Å². The fourth-order valence-electron chi connectivity index (χ4n) is 1.36. The van der Waals surface area contributed by atoms with Crippen molar-refractivity contribution in [2.45, 2.75) is 6.92 Å². The van der Waals surface area contributed by atoms with Crippen molar-refractivity contribution in [3.63, 3.8) is 0 Å². The number of nitrogens with one attached hydrogen (secondary N) is 1. The van der Waals surface area contributed by atoms with Crippen LogP contribution in [0.5, 0.6) is 5.75 Å². The number of benzene rings is 1. The molecule has 0 atom stereocenters. The standard InChI is InChI=1S/C11H8Br2N4O2S/c1-5-10(19)17(11(20)16-15-5)14-4-6-2-7(12)9(18)8(13)3-6/h2-4,18H,1H3,(H,16,20)/b14-4+. The molecule has 0 aliphatic heterocycles. The van der Waals surface area contributed by atoms with E-state index < -0.39 is 0 Å². The summed E-state index contributed by atoms with van der Waals surface area (Å²) < 4.78 is 2.18. The van der Waals surface area contributed by atoms with Gasteiger partial charge in [0, 0.05) is 0 Å². The molecule has 2 N–H and O–H groups in total. The van der Waals surface area contributed by atoms with Crippen LogP contribution in [0.2, 0.25) is 0 Å². The quantitative estimate of drug-likeness (QED) is 0.579. The molecule has 0 saturated carbocycles. The fourth-order valence-corrected chi connectivity index (χ4v) is 2.76. The Morgan fingerprint density at radius 3 is 2.65 bits per heavy atom.